The van der Waals surface area contributed by atoms with Gasteiger partial charge in [-0.15, -0.1) is 0 Å². The monoisotopic (exact) mass is 349 g/mol. The summed E-state index contributed by atoms with van der Waals surface area (Å²) in [5.41, 5.74) is 2.83. The van der Waals surface area contributed by atoms with E-state index in [0.717, 1.165) is 16.6 Å². The Bertz CT molecular complexity index is 1070. The van der Waals surface area contributed by atoms with Gasteiger partial charge in [0.05, 0.1) is 17.4 Å². The van der Waals surface area contributed by atoms with Gasteiger partial charge in [-0.1, -0.05) is 12.1 Å². The standard InChI is InChI=1S/C19H16FN5O/c1-25-9-8-21-18(25)17(12-2-5-14(20)6-3-12)24-19(26)13-4-7-15-16(10-13)23-11-22-15/h2-11,17H,1H3,(H,22,23)(H,24,26)/t17-/m1/s1. The summed E-state index contributed by atoms with van der Waals surface area (Å²) in [6.07, 6.45) is 5.05. The molecule has 2 aromatic carbocycles. The number of aromatic nitrogens is 4. The van der Waals surface area contributed by atoms with Gasteiger partial charge in [-0.3, -0.25) is 4.79 Å². The molecule has 4 aromatic rings. The molecule has 0 spiro atoms. The third kappa shape index (κ3) is 2.95. The minimum Gasteiger partial charge on any atom is -0.345 e. The molecule has 0 aliphatic carbocycles. The smallest absolute Gasteiger partial charge is 0.252 e. The van der Waals surface area contributed by atoms with Crippen molar-refractivity contribution >= 4 is 16.9 Å². The van der Waals surface area contributed by atoms with Crippen molar-refractivity contribution in [1.29, 1.82) is 0 Å². The summed E-state index contributed by atoms with van der Waals surface area (Å²) < 4.78 is 15.1. The van der Waals surface area contributed by atoms with Gasteiger partial charge in [0.1, 0.15) is 17.7 Å². The summed E-state index contributed by atoms with van der Waals surface area (Å²) in [5.74, 6) is 0.0785. The Kier molecular flexibility index (Phi) is 3.96. The number of carbonyl (C=O) groups is 1. The highest BCUT2D eigenvalue weighted by Gasteiger charge is 2.21. The van der Waals surface area contributed by atoms with Gasteiger partial charge < -0.3 is 14.9 Å². The lowest BCUT2D eigenvalue weighted by molar-refractivity contribution is 0.0941. The van der Waals surface area contributed by atoms with E-state index in [4.69, 9.17) is 0 Å². The van der Waals surface area contributed by atoms with Crippen LogP contribution in [0.15, 0.2) is 61.2 Å². The lowest BCUT2D eigenvalue weighted by Gasteiger charge is -2.19. The molecule has 0 fully saturated rings. The number of aromatic amines is 1. The fraction of sp³-hybridized carbons (Fsp3) is 0.105. The molecule has 0 saturated heterocycles. The summed E-state index contributed by atoms with van der Waals surface area (Å²) in [4.78, 5) is 24.3. The molecule has 0 unspecified atom stereocenters. The molecule has 0 bridgehead atoms. The number of imidazole rings is 2. The minimum atomic E-state index is -0.499. The Hall–Kier alpha value is -3.48. The Morgan fingerprint density at radius 1 is 1.19 bits per heavy atom. The number of nitrogens with zero attached hydrogens (tertiary/aromatic N) is 3. The van der Waals surface area contributed by atoms with Crippen LogP contribution >= 0.6 is 0 Å². The van der Waals surface area contributed by atoms with Crippen LogP contribution in [0.4, 0.5) is 4.39 Å². The Balaban J connectivity index is 1.68. The van der Waals surface area contributed by atoms with Gasteiger partial charge in [0.15, 0.2) is 0 Å². The molecule has 0 saturated carbocycles. The van der Waals surface area contributed by atoms with Crippen molar-refractivity contribution in [2.75, 3.05) is 0 Å². The molecule has 1 amide bonds. The van der Waals surface area contributed by atoms with Gasteiger partial charge in [0.2, 0.25) is 0 Å². The zero-order valence-electron chi connectivity index (χ0n) is 14.0. The summed E-state index contributed by atoms with van der Waals surface area (Å²) >= 11 is 0. The van der Waals surface area contributed by atoms with Crippen LogP contribution in [0.5, 0.6) is 0 Å². The molecule has 130 valence electrons. The zero-order valence-corrected chi connectivity index (χ0v) is 14.0. The van der Waals surface area contributed by atoms with E-state index >= 15 is 0 Å². The SMILES string of the molecule is Cn1ccnc1[C@H](NC(=O)c1ccc2nc[nH]c2c1)c1ccc(F)cc1. The quantitative estimate of drug-likeness (QED) is 0.595. The molecular weight excluding hydrogens is 333 g/mol. The van der Waals surface area contributed by atoms with E-state index in [1.807, 2.05) is 11.6 Å². The number of rotatable bonds is 4. The number of H-pyrrole nitrogens is 1. The molecule has 1 atom stereocenters. The number of fused-ring (bicyclic) bond motifs is 1. The summed E-state index contributed by atoms with van der Waals surface area (Å²) in [5, 5.41) is 2.99. The third-order valence-electron chi connectivity index (χ3n) is 4.28. The topological polar surface area (TPSA) is 75.6 Å². The number of aryl methyl sites for hydroxylation is 1. The normalized spacial score (nSPS) is 12.2. The van der Waals surface area contributed by atoms with Crippen LogP contribution in [0.3, 0.4) is 0 Å². The third-order valence-corrected chi connectivity index (χ3v) is 4.28. The number of amides is 1. The average molecular weight is 349 g/mol. The molecule has 0 radical (unpaired) electrons. The predicted octanol–water partition coefficient (Wildman–Crippen LogP) is 2.95. The maximum atomic E-state index is 13.3. The first-order chi connectivity index (χ1) is 12.6. The molecule has 0 aliphatic rings. The van der Waals surface area contributed by atoms with E-state index in [0.29, 0.717) is 11.4 Å². The van der Waals surface area contributed by atoms with Crippen molar-refractivity contribution < 1.29 is 9.18 Å². The van der Waals surface area contributed by atoms with Gasteiger partial charge in [-0.2, -0.15) is 0 Å². The van der Waals surface area contributed by atoms with Gasteiger partial charge in [-0.05, 0) is 35.9 Å². The maximum absolute atomic E-state index is 13.3. The Morgan fingerprint density at radius 3 is 2.73 bits per heavy atom. The van der Waals surface area contributed by atoms with Crippen molar-refractivity contribution in [3.8, 4) is 0 Å². The fourth-order valence-electron chi connectivity index (χ4n) is 2.90. The lowest BCUT2D eigenvalue weighted by atomic mass is 10.0. The second-order valence-corrected chi connectivity index (χ2v) is 5.99. The molecule has 6 nitrogen and oxygen atoms in total. The molecule has 7 heteroatoms. The summed E-state index contributed by atoms with van der Waals surface area (Å²) in [7, 11) is 1.85. The van der Waals surface area contributed by atoms with E-state index in [1.54, 1.807) is 49.1 Å². The number of hydrogen-bond donors (Lipinski definition) is 2. The van der Waals surface area contributed by atoms with Gasteiger partial charge >= 0.3 is 0 Å². The van der Waals surface area contributed by atoms with Crippen molar-refractivity contribution in [1.82, 2.24) is 24.8 Å². The van der Waals surface area contributed by atoms with Crippen molar-refractivity contribution in [2.45, 2.75) is 6.04 Å². The minimum absolute atomic E-state index is 0.251. The zero-order chi connectivity index (χ0) is 18.1. The Morgan fingerprint density at radius 2 is 2.00 bits per heavy atom. The maximum Gasteiger partial charge on any atom is 0.252 e. The van der Waals surface area contributed by atoms with Crippen LogP contribution in [0.1, 0.15) is 27.8 Å². The van der Waals surface area contributed by atoms with E-state index < -0.39 is 6.04 Å². The first-order valence-corrected chi connectivity index (χ1v) is 8.08. The van der Waals surface area contributed by atoms with E-state index in [1.165, 1.54) is 12.1 Å². The lowest BCUT2D eigenvalue weighted by Crippen LogP contribution is -2.31. The highest BCUT2D eigenvalue weighted by molar-refractivity contribution is 5.97. The van der Waals surface area contributed by atoms with Crippen LogP contribution in [0, 0.1) is 5.82 Å². The van der Waals surface area contributed by atoms with E-state index in [-0.39, 0.29) is 11.7 Å². The highest BCUT2D eigenvalue weighted by Crippen LogP contribution is 2.22. The summed E-state index contributed by atoms with van der Waals surface area (Å²) in [6, 6.07) is 10.8. The second kappa shape index (κ2) is 6.44. The first-order valence-electron chi connectivity index (χ1n) is 8.08. The average Bonchev–Trinajstić information content (AvgIpc) is 3.28. The predicted molar refractivity (Wildman–Crippen MR) is 95.0 cm³/mol. The molecule has 2 aromatic heterocycles. The van der Waals surface area contributed by atoms with Crippen molar-refractivity contribution in [2.24, 2.45) is 7.05 Å². The molecular formula is C19H16FN5O. The molecule has 0 aliphatic heterocycles. The van der Waals surface area contributed by atoms with Crippen molar-refractivity contribution in [3.63, 3.8) is 0 Å². The van der Waals surface area contributed by atoms with Crippen LogP contribution in [-0.4, -0.2) is 25.4 Å². The van der Waals surface area contributed by atoms with Crippen LogP contribution < -0.4 is 5.32 Å². The second-order valence-electron chi connectivity index (χ2n) is 5.99. The summed E-state index contributed by atoms with van der Waals surface area (Å²) in [6.45, 7) is 0. The Labute approximate surface area is 148 Å². The van der Waals surface area contributed by atoms with Gasteiger partial charge in [0, 0.05) is 25.0 Å². The fourth-order valence-corrected chi connectivity index (χ4v) is 2.90. The van der Waals surface area contributed by atoms with Crippen LogP contribution in [0.25, 0.3) is 11.0 Å². The van der Waals surface area contributed by atoms with Gasteiger partial charge in [0.25, 0.3) is 5.91 Å². The largest absolute Gasteiger partial charge is 0.345 e. The number of nitrogens with one attached hydrogen (secondary N) is 2. The molecule has 2 heterocycles. The number of carbonyl (C=O) groups excluding carboxylic acids is 1. The van der Waals surface area contributed by atoms with Crippen molar-refractivity contribution in [3.05, 3.63) is 84.0 Å². The highest BCUT2D eigenvalue weighted by atomic mass is 19.1. The molecule has 4 rings (SSSR count). The first kappa shape index (κ1) is 16.0. The van der Waals surface area contributed by atoms with Crippen LogP contribution in [-0.2, 0) is 7.05 Å². The number of halogens is 1. The van der Waals surface area contributed by atoms with E-state index in [9.17, 15) is 9.18 Å². The van der Waals surface area contributed by atoms with Crippen LogP contribution in [0.2, 0.25) is 0 Å². The number of benzene rings is 2. The van der Waals surface area contributed by atoms with E-state index in [2.05, 4.69) is 20.3 Å². The van der Waals surface area contributed by atoms with Gasteiger partial charge in [-0.25, -0.2) is 14.4 Å². The number of hydrogen-bond acceptors (Lipinski definition) is 3. The molecule has 26 heavy (non-hydrogen) atoms. The molecule has 2 N–H and O–H groups in total.